The number of rotatable bonds is 1. The third-order valence-electron chi connectivity index (χ3n) is 1.84. The van der Waals surface area contributed by atoms with E-state index in [1.807, 2.05) is 0 Å². The van der Waals surface area contributed by atoms with Crippen LogP contribution in [0.5, 0.6) is 0 Å². The molecule has 1 nitrogen and oxygen atoms in total. The average Bonchev–Trinajstić information content (AvgIpc) is 2.23. The van der Waals surface area contributed by atoms with Crippen LogP contribution in [0.15, 0.2) is 0 Å². The molecule has 2 atom stereocenters. The van der Waals surface area contributed by atoms with E-state index in [0.29, 0.717) is 12.2 Å². The minimum absolute atomic E-state index is 0.604. The molecule has 2 unspecified atom stereocenters. The largest absolute Gasteiger partial charge is 0.370 e. The van der Waals surface area contributed by atoms with Crippen molar-refractivity contribution in [1.29, 1.82) is 0 Å². The van der Waals surface area contributed by atoms with Gasteiger partial charge in [-0.05, 0) is 25.7 Å². The van der Waals surface area contributed by atoms with Gasteiger partial charge in [0, 0.05) is 0 Å². The van der Waals surface area contributed by atoms with E-state index in [0.717, 1.165) is 5.92 Å². The summed E-state index contributed by atoms with van der Waals surface area (Å²) < 4.78 is 5.24. The Hall–Kier alpha value is -0.0400. The van der Waals surface area contributed by atoms with E-state index in [2.05, 4.69) is 6.92 Å². The van der Waals surface area contributed by atoms with Crippen molar-refractivity contribution in [1.82, 2.24) is 0 Å². The van der Waals surface area contributed by atoms with Crippen molar-refractivity contribution in [3.8, 4) is 0 Å². The monoisotopic (exact) mass is 98.1 g/mol. The summed E-state index contributed by atoms with van der Waals surface area (Å²) in [7, 11) is 0. The van der Waals surface area contributed by atoms with E-state index >= 15 is 0 Å². The zero-order valence-corrected chi connectivity index (χ0v) is 4.55. The highest BCUT2D eigenvalue weighted by Gasteiger charge is 2.46. The van der Waals surface area contributed by atoms with Gasteiger partial charge in [0.25, 0.3) is 0 Å². The lowest BCUT2D eigenvalue weighted by molar-refractivity contribution is 0.363. The SMILES string of the molecule is CC1OC1C1CC1. The van der Waals surface area contributed by atoms with E-state index in [4.69, 9.17) is 4.74 Å². The summed E-state index contributed by atoms with van der Waals surface area (Å²) in [6.45, 7) is 2.16. The molecule has 2 fully saturated rings. The molecular weight excluding hydrogens is 88.1 g/mol. The molecule has 1 saturated heterocycles. The van der Waals surface area contributed by atoms with E-state index < -0.39 is 0 Å². The molecular formula is C6H10O. The molecule has 1 heteroatoms. The van der Waals surface area contributed by atoms with Crippen molar-refractivity contribution in [2.45, 2.75) is 32.0 Å². The van der Waals surface area contributed by atoms with Gasteiger partial charge in [-0.2, -0.15) is 0 Å². The second-order valence-electron chi connectivity index (χ2n) is 2.64. The van der Waals surface area contributed by atoms with Crippen molar-refractivity contribution in [2.24, 2.45) is 5.92 Å². The predicted molar refractivity (Wildman–Crippen MR) is 27.1 cm³/mol. The van der Waals surface area contributed by atoms with Crippen LogP contribution in [0.1, 0.15) is 19.8 Å². The molecule has 0 aromatic rings. The first-order valence-electron chi connectivity index (χ1n) is 3.03. The van der Waals surface area contributed by atoms with Gasteiger partial charge >= 0.3 is 0 Å². The van der Waals surface area contributed by atoms with E-state index in [1.165, 1.54) is 12.8 Å². The fraction of sp³-hybridized carbons (Fsp3) is 1.00. The summed E-state index contributed by atoms with van der Waals surface area (Å²) in [5, 5.41) is 0. The van der Waals surface area contributed by atoms with Crippen molar-refractivity contribution >= 4 is 0 Å². The molecule has 0 bridgehead atoms. The van der Waals surface area contributed by atoms with Crippen molar-refractivity contribution in [2.75, 3.05) is 0 Å². The molecule has 1 heterocycles. The molecule has 0 aromatic heterocycles. The quantitative estimate of drug-likeness (QED) is 0.449. The molecule has 2 aliphatic rings. The highest BCUT2D eigenvalue weighted by Crippen LogP contribution is 2.43. The molecule has 0 aromatic carbocycles. The van der Waals surface area contributed by atoms with Crippen LogP contribution >= 0.6 is 0 Å². The molecule has 2 rings (SSSR count). The Balaban J connectivity index is 1.88. The molecule has 0 N–H and O–H groups in total. The van der Waals surface area contributed by atoms with Gasteiger partial charge in [-0.15, -0.1) is 0 Å². The number of epoxide rings is 1. The van der Waals surface area contributed by atoms with Gasteiger partial charge in [0.05, 0.1) is 12.2 Å². The standard InChI is InChI=1S/C6H10O/c1-4-6(7-4)5-2-3-5/h4-6H,2-3H2,1H3. The number of hydrogen-bond donors (Lipinski definition) is 0. The van der Waals surface area contributed by atoms with Crippen LogP contribution in [-0.2, 0) is 4.74 Å². The Bertz CT molecular complexity index is 86.2. The van der Waals surface area contributed by atoms with Crippen molar-refractivity contribution in [3.05, 3.63) is 0 Å². The smallest absolute Gasteiger partial charge is 0.0867 e. The normalized spacial score (nSPS) is 49.3. The zero-order chi connectivity index (χ0) is 4.85. The fourth-order valence-electron chi connectivity index (χ4n) is 1.12. The lowest BCUT2D eigenvalue weighted by atomic mass is 10.2. The average molecular weight is 98.1 g/mol. The Morgan fingerprint density at radius 1 is 1.43 bits per heavy atom. The maximum Gasteiger partial charge on any atom is 0.0867 e. The van der Waals surface area contributed by atoms with Crippen LogP contribution in [0.4, 0.5) is 0 Å². The van der Waals surface area contributed by atoms with Crippen LogP contribution in [0.25, 0.3) is 0 Å². The van der Waals surface area contributed by atoms with Crippen LogP contribution in [-0.4, -0.2) is 12.2 Å². The second kappa shape index (κ2) is 1.03. The molecule has 0 spiro atoms. The van der Waals surface area contributed by atoms with Gasteiger partial charge in [-0.1, -0.05) is 0 Å². The molecule has 1 saturated carbocycles. The Morgan fingerprint density at radius 3 is 2.14 bits per heavy atom. The third-order valence-corrected chi connectivity index (χ3v) is 1.84. The summed E-state index contributed by atoms with van der Waals surface area (Å²) in [4.78, 5) is 0. The highest BCUT2D eigenvalue weighted by atomic mass is 16.6. The number of ether oxygens (including phenoxy) is 1. The van der Waals surface area contributed by atoms with E-state index in [-0.39, 0.29) is 0 Å². The third kappa shape index (κ3) is 0.556. The molecule has 1 aliphatic heterocycles. The molecule has 0 radical (unpaired) electrons. The minimum atomic E-state index is 0.604. The first kappa shape index (κ1) is 3.90. The van der Waals surface area contributed by atoms with Gasteiger partial charge < -0.3 is 4.74 Å². The van der Waals surface area contributed by atoms with Crippen molar-refractivity contribution in [3.63, 3.8) is 0 Å². The molecule has 7 heavy (non-hydrogen) atoms. The zero-order valence-electron chi connectivity index (χ0n) is 4.55. The maximum atomic E-state index is 5.24. The lowest BCUT2D eigenvalue weighted by Gasteiger charge is -1.76. The summed E-state index contributed by atoms with van der Waals surface area (Å²) in [6.07, 6.45) is 4.14. The minimum Gasteiger partial charge on any atom is -0.370 e. The first-order valence-corrected chi connectivity index (χ1v) is 3.03. The van der Waals surface area contributed by atoms with E-state index in [9.17, 15) is 0 Å². The highest BCUT2D eigenvalue weighted by molar-refractivity contribution is 4.94. The molecule has 1 aliphatic carbocycles. The predicted octanol–water partition coefficient (Wildman–Crippen LogP) is 1.18. The Labute approximate surface area is 43.7 Å². The Morgan fingerprint density at radius 2 is 2.00 bits per heavy atom. The summed E-state index contributed by atoms with van der Waals surface area (Å²) in [5.41, 5.74) is 0. The van der Waals surface area contributed by atoms with Crippen molar-refractivity contribution < 1.29 is 4.74 Å². The van der Waals surface area contributed by atoms with Gasteiger partial charge in [-0.3, -0.25) is 0 Å². The lowest BCUT2D eigenvalue weighted by Crippen LogP contribution is -1.89. The number of hydrogen-bond acceptors (Lipinski definition) is 1. The van der Waals surface area contributed by atoms with E-state index in [1.54, 1.807) is 0 Å². The maximum absolute atomic E-state index is 5.24. The van der Waals surface area contributed by atoms with Crippen LogP contribution in [0, 0.1) is 5.92 Å². The molecule has 40 valence electrons. The van der Waals surface area contributed by atoms with Gasteiger partial charge in [0.15, 0.2) is 0 Å². The van der Waals surface area contributed by atoms with Crippen LogP contribution in [0.3, 0.4) is 0 Å². The van der Waals surface area contributed by atoms with Gasteiger partial charge in [-0.25, -0.2) is 0 Å². The molecule has 0 amide bonds. The first-order chi connectivity index (χ1) is 3.38. The topological polar surface area (TPSA) is 12.5 Å². The van der Waals surface area contributed by atoms with Crippen LogP contribution in [0.2, 0.25) is 0 Å². The summed E-state index contributed by atoms with van der Waals surface area (Å²) in [5.74, 6) is 0.968. The van der Waals surface area contributed by atoms with Gasteiger partial charge in [0.2, 0.25) is 0 Å². The summed E-state index contributed by atoms with van der Waals surface area (Å²) >= 11 is 0. The second-order valence-corrected chi connectivity index (χ2v) is 2.64. The van der Waals surface area contributed by atoms with Gasteiger partial charge in [0.1, 0.15) is 0 Å². The Kier molecular flexibility index (Phi) is 0.571. The fourth-order valence-corrected chi connectivity index (χ4v) is 1.12. The van der Waals surface area contributed by atoms with Crippen LogP contribution < -0.4 is 0 Å². The summed E-state index contributed by atoms with van der Waals surface area (Å²) in [6, 6.07) is 0.